The molecule has 1 aromatic carbocycles. The van der Waals surface area contributed by atoms with Crippen molar-refractivity contribution >= 4 is 5.91 Å². The van der Waals surface area contributed by atoms with Crippen LogP contribution < -0.4 is 0 Å². The van der Waals surface area contributed by atoms with Gasteiger partial charge in [-0.15, -0.1) is 0 Å². The maximum Gasteiger partial charge on any atom is 0.227 e. The molecule has 0 radical (unpaired) electrons. The molecule has 1 aliphatic heterocycles. The summed E-state index contributed by atoms with van der Waals surface area (Å²) in [6, 6.07) is 6.20. The Morgan fingerprint density at radius 2 is 2.12 bits per heavy atom. The number of halogens is 1. The first-order valence-corrected chi connectivity index (χ1v) is 8.50. The standard InChI is InChI=1S/C18H22FN3O3/c1-12(2)18-20-16(25-21-18)7-8-17(23)22-9-10-24-15(11-22)13-3-5-14(19)6-4-13/h3-6,12,15H,7-11H2,1-2H3/t15-/m0/s1. The van der Waals surface area contributed by atoms with Crippen LogP contribution in [0.25, 0.3) is 0 Å². The molecule has 25 heavy (non-hydrogen) atoms. The van der Waals surface area contributed by atoms with Gasteiger partial charge in [0, 0.05) is 25.3 Å². The molecule has 3 rings (SSSR count). The number of morpholine rings is 1. The summed E-state index contributed by atoms with van der Waals surface area (Å²) in [5.74, 6) is 1.09. The molecule has 1 saturated heterocycles. The summed E-state index contributed by atoms with van der Waals surface area (Å²) in [5.41, 5.74) is 0.873. The zero-order chi connectivity index (χ0) is 17.8. The quantitative estimate of drug-likeness (QED) is 0.832. The van der Waals surface area contributed by atoms with Crippen LogP contribution in [0.1, 0.15) is 49.6 Å². The first-order chi connectivity index (χ1) is 12.0. The van der Waals surface area contributed by atoms with Crippen molar-refractivity contribution in [3.8, 4) is 0 Å². The fourth-order valence-corrected chi connectivity index (χ4v) is 2.73. The Morgan fingerprint density at radius 1 is 1.36 bits per heavy atom. The van der Waals surface area contributed by atoms with Crippen LogP contribution >= 0.6 is 0 Å². The molecule has 2 aromatic rings. The van der Waals surface area contributed by atoms with Crippen LogP contribution in [-0.4, -0.2) is 40.6 Å². The molecular weight excluding hydrogens is 325 g/mol. The van der Waals surface area contributed by atoms with E-state index in [2.05, 4.69) is 10.1 Å². The second kappa shape index (κ2) is 7.74. The molecule has 1 atom stereocenters. The summed E-state index contributed by atoms with van der Waals surface area (Å²) < 4.78 is 23.9. The number of nitrogens with zero attached hydrogens (tertiary/aromatic N) is 3. The normalized spacial score (nSPS) is 17.9. The highest BCUT2D eigenvalue weighted by atomic mass is 19.1. The molecule has 134 valence electrons. The molecule has 1 aliphatic rings. The lowest BCUT2D eigenvalue weighted by molar-refractivity contribution is -0.139. The monoisotopic (exact) mass is 347 g/mol. The second-order valence-corrected chi connectivity index (χ2v) is 6.45. The van der Waals surface area contributed by atoms with E-state index in [-0.39, 0.29) is 23.7 Å². The predicted octanol–water partition coefficient (Wildman–Crippen LogP) is 2.86. The van der Waals surface area contributed by atoms with Gasteiger partial charge in [-0.3, -0.25) is 4.79 Å². The Bertz CT molecular complexity index is 715. The number of carbonyl (C=O) groups excluding carboxylic acids is 1. The van der Waals surface area contributed by atoms with Gasteiger partial charge in [-0.05, 0) is 17.7 Å². The lowest BCUT2D eigenvalue weighted by Gasteiger charge is -2.33. The Labute approximate surface area is 146 Å². The molecule has 0 bridgehead atoms. The number of amides is 1. The van der Waals surface area contributed by atoms with E-state index in [1.54, 1.807) is 17.0 Å². The van der Waals surface area contributed by atoms with Gasteiger partial charge < -0.3 is 14.2 Å². The maximum absolute atomic E-state index is 13.0. The highest BCUT2D eigenvalue weighted by molar-refractivity contribution is 5.76. The van der Waals surface area contributed by atoms with Crippen LogP contribution in [0.3, 0.4) is 0 Å². The molecule has 0 aliphatic carbocycles. The first-order valence-electron chi connectivity index (χ1n) is 8.50. The highest BCUT2D eigenvalue weighted by Gasteiger charge is 2.25. The third-order valence-electron chi connectivity index (χ3n) is 4.21. The minimum atomic E-state index is -0.284. The fraction of sp³-hybridized carbons (Fsp3) is 0.500. The molecule has 0 unspecified atom stereocenters. The number of aromatic nitrogens is 2. The Kier molecular flexibility index (Phi) is 5.43. The number of rotatable bonds is 5. The van der Waals surface area contributed by atoms with Crippen LogP contribution in [0.5, 0.6) is 0 Å². The zero-order valence-corrected chi connectivity index (χ0v) is 14.4. The molecule has 6 nitrogen and oxygen atoms in total. The van der Waals surface area contributed by atoms with Crippen molar-refractivity contribution in [1.82, 2.24) is 15.0 Å². The van der Waals surface area contributed by atoms with Crippen LogP contribution in [-0.2, 0) is 16.0 Å². The lowest BCUT2D eigenvalue weighted by Crippen LogP contribution is -2.42. The van der Waals surface area contributed by atoms with Gasteiger partial charge >= 0.3 is 0 Å². The van der Waals surface area contributed by atoms with Gasteiger partial charge in [0.1, 0.15) is 11.9 Å². The molecule has 0 N–H and O–H groups in total. The first kappa shape index (κ1) is 17.5. The number of hydrogen-bond acceptors (Lipinski definition) is 5. The molecule has 0 saturated carbocycles. The summed E-state index contributed by atoms with van der Waals surface area (Å²) >= 11 is 0. The van der Waals surface area contributed by atoms with E-state index in [1.165, 1.54) is 12.1 Å². The van der Waals surface area contributed by atoms with E-state index in [1.807, 2.05) is 13.8 Å². The highest BCUT2D eigenvalue weighted by Crippen LogP contribution is 2.23. The van der Waals surface area contributed by atoms with Gasteiger partial charge in [-0.1, -0.05) is 31.1 Å². The van der Waals surface area contributed by atoms with Gasteiger partial charge in [0.2, 0.25) is 11.8 Å². The third-order valence-corrected chi connectivity index (χ3v) is 4.21. The van der Waals surface area contributed by atoms with Crippen LogP contribution in [0.4, 0.5) is 4.39 Å². The van der Waals surface area contributed by atoms with Crippen molar-refractivity contribution < 1.29 is 18.4 Å². The Balaban J connectivity index is 1.55. The maximum atomic E-state index is 13.0. The van der Waals surface area contributed by atoms with E-state index in [0.717, 1.165) is 5.56 Å². The van der Waals surface area contributed by atoms with E-state index in [9.17, 15) is 9.18 Å². The third kappa shape index (κ3) is 4.42. The molecule has 0 spiro atoms. The zero-order valence-electron chi connectivity index (χ0n) is 14.4. The summed E-state index contributed by atoms with van der Waals surface area (Å²) in [7, 11) is 0. The van der Waals surface area contributed by atoms with Gasteiger partial charge in [-0.25, -0.2) is 4.39 Å². The summed E-state index contributed by atoms with van der Waals surface area (Å²) in [5, 5.41) is 3.90. The topological polar surface area (TPSA) is 68.5 Å². The largest absolute Gasteiger partial charge is 0.370 e. The Hall–Kier alpha value is -2.28. The van der Waals surface area contributed by atoms with Crippen LogP contribution in [0, 0.1) is 5.82 Å². The van der Waals surface area contributed by atoms with E-state index in [4.69, 9.17) is 9.26 Å². The average Bonchev–Trinajstić information content (AvgIpc) is 3.10. The molecule has 1 fully saturated rings. The van der Waals surface area contributed by atoms with Gasteiger partial charge in [0.05, 0.1) is 13.2 Å². The van der Waals surface area contributed by atoms with Crippen molar-refractivity contribution in [2.45, 2.75) is 38.7 Å². The molecule has 7 heteroatoms. The van der Waals surface area contributed by atoms with Crippen molar-refractivity contribution in [1.29, 1.82) is 0 Å². The van der Waals surface area contributed by atoms with Gasteiger partial charge in [-0.2, -0.15) is 4.98 Å². The number of benzene rings is 1. The summed E-state index contributed by atoms with van der Waals surface area (Å²) in [4.78, 5) is 18.5. The van der Waals surface area contributed by atoms with E-state index in [0.29, 0.717) is 44.3 Å². The molecule has 1 amide bonds. The summed E-state index contributed by atoms with van der Waals surface area (Å²) in [6.07, 6.45) is 0.515. The number of ether oxygens (including phenoxy) is 1. The predicted molar refractivity (Wildman–Crippen MR) is 88.4 cm³/mol. The number of hydrogen-bond donors (Lipinski definition) is 0. The Morgan fingerprint density at radius 3 is 2.80 bits per heavy atom. The molecule has 2 heterocycles. The average molecular weight is 347 g/mol. The van der Waals surface area contributed by atoms with Crippen molar-refractivity contribution in [2.75, 3.05) is 19.7 Å². The minimum Gasteiger partial charge on any atom is -0.370 e. The lowest BCUT2D eigenvalue weighted by atomic mass is 10.1. The molecule has 1 aromatic heterocycles. The SMILES string of the molecule is CC(C)c1noc(CCC(=O)N2CCO[C@H](c3ccc(F)cc3)C2)n1. The smallest absolute Gasteiger partial charge is 0.227 e. The second-order valence-electron chi connectivity index (χ2n) is 6.45. The van der Waals surface area contributed by atoms with Crippen molar-refractivity contribution in [3.63, 3.8) is 0 Å². The number of carbonyl (C=O) groups is 1. The van der Waals surface area contributed by atoms with Crippen LogP contribution in [0.2, 0.25) is 0 Å². The fourth-order valence-electron chi connectivity index (χ4n) is 2.73. The van der Waals surface area contributed by atoms with Crippen molar-refractivity contribution in [2.24, 2.45) is 0 Å². The molecular formula is C18H22FN3O3. The summed E-state index contributed by atoms with van der Waals surface area (Å²) in [6.45, 7) is 5.46. The minimum absolute atomic E-state index is 0.0275. The van der Waals surface area contributed by atoms with E-state index >= 15 is 0 Å². The van der Waals surface area contributed by atoms with Crippen LogP contribution in [0.15, 0.2) is 28.8 Å². The van der Waals surface area contributed by atoms with Gasteiger partial charge in [0.25, 0.3) is 0 Å². The van der Waals surface area contributed by atoms with Gasteiger partial charge in [0.15, 0.2) is 5.82 Å². The number of aryl methyl sites for hydroxylation is 1. The van der Waals surface area contributed by atoms with Crippen molar-refractivity contribution in [3.05, 3.63) is 47.4 Å². The van der Waals surface area contributed by atoms with E-state index < -0.39 is 0 Å².